The summed E-state index contributed by atoms with van der Waals surface area (Å²) in [7, 11) is -4.10. The number of benzene rings is 1. The topological polar surface area (TPSA) is 57.2 Å². The molecular weight excluding hydrogens is 247 g/mol. The molecule has 3 nitrogen and oxygen atoms in total. The first kappa shape index (κ1) is 17.1. The zero-order valence-electron chi connectivity index (χ0n) is 10.6. The van der Waals surface area contributed by atoms with Gasteiger partial charge in [-0.25, -0.2) is 8.42 Å². The minimum atomic E-state index is -4.10. The Bertz CT molecular complexity index is 424. The van der Waals surface area contributed by atoms with E-state index >= 15 is 0 Å². The molecule has 0 unspecified atom stereocenters. The van der Waals surface area contributed by atoms with Crippen molar-refractivity contribution in [3.8, 4) is 0 Å². The summed E-state index contributed by atoms with van der Waals surface area (Å²) in [6, 6.07) is 7.77. The fraction of sp³-hybridized carbons (Fsp3) is 0.500. The number of aryl methyl sites for hydroxylation is 1. The molecule has 0 aliphatic rings. The van der Waals surface area contributed by atoms with E-state index in [0.717, 1.165) is 12.0 Å². The Labute approximate surface area is 126 Å². The van der Waals surface area contributed by atoms with Crippen LogP contribution in [0.3, 0.4) is 0 Å². The van der Waals surface area contributed by atoms with Crippen LogP contribution in [0.25, 0.3) is 0 Å². The molecule has 0 atom stereocenters. The first-order valence-corrected chi connectivity index (χ1v) is 6.96. The Morgan fingerprint density at radius 1 is 1.12 bits per heavy atom. The summed E-state index contributed by atoms with van der Waals surface area (Å²) in [6.07, 6.45) is 1.31. The van der Waals surface area contributed by atoms with Gasteiger partial charge in [0.25, 0.3) is 0 Å². The van der Waals surface area contributed by atoms with Crippen LogP contribution < -0.4 is 29.6 Å². The molecular formula is C12H17NaO3S. The van der Waals surface area contributed by atoms with E-state index < -0.39 is 10.1 Å². The average Bonchev–Trinajstić information content (AvgIpc) is 2.14. The van der Waals surface area contributed by atoms with Crippen LogP contribution in [0.5, 0.6) is 0 Å². The smallest absolute Gasteiger partial charge is 0.748 e. The molecule has 0 aliphatic carbocycles. The molecule has 0 N–H and O–H groups in total. The van der Waals surface area contributed by atoms with Gasteiger partial charge >= 0.3 is 29.6 Å². The molecule has 0 aliphatic heterocycles. The summed E-state index contributed by atoms with van der Waals surface area (Å²) in [4.78, 5) is 0. The van der Waals surface area contributed by atoms with Gasteiger partial charge in [0.1, 0.15) is 0 Å². The second-order valence-electron chi connectivity index (χ2n) is 4.43. The van der Waals surface area contributed by atoms with Crippen molar-refractivity contribution in [2.45, 2.75) is 26.7 Å². The Balaban J connectivity index is 0.00000256. The summed E-state index contributed by atoms with van der Waals surface area (Å²) < 4.78 is 31.4. The number of hydrogen-bond donors (Lipinski definition) is 0. The molecule has 0 amide bonds. The molecule has 0 bridgehead atoms. The standard InChI is InChI=1S/C12H18O3S.Na/c1-10(2)9-12-5-3-11(4-6-12)7-8-16(13,14)15;/h3-6,10H,7-9H2,1-2H3,(H,13,14,15);/q;+1/p-1. The number of rotatable bonds is 5. The fourth-order valence-electron chi connectivity index (χ4n) is 1.56. The van der Waals surface area contributed by atoms with Gasteiger partial charge in [0.05, 0.1) is 10.1 Å². The number of hydrogen-bond acceptors (Lipinski definition) is 3. The Morgan fingerprint density at radius 2 is 1.59 bits per heavy atom. The molecule has 1 aromatic carbocycles. The molecule has 0 aromatic heterocycles. The van der Waals surface area contributed by atoms with Gasteiger partial charge in [-0.3, -0.25) is 0 Å². The third-order valence-corrected chi connectivity index (χ3v) is 3.01. The van der Waals surface area contributed by atoms with Crippen molar-refractivity contribution in [1.29, 1.82) is 0 Å². The van der Waals surface area contributed by atoms with Crippen LogP contribution in [0.1, 0.15) is 25.0 Å². The molecule has 5 heteroatoms. The monoisotopic (exact) mass is 264 g/mol. The van der Waals surface area contributed by atoms with Gasteiger partial charge in [-0.1, -0.05) is 38.1 Å². The predicted octanol–water partition coefficient (Wildman–Crippen LogP) is -1.02. The maximum Gasteiger partial charge on any atom is 1.00 e. The van der Waals surface area contributed by atoms with Crippen molar-refractivity contribution in [3.05, 3.63) is 35.4 Å². The van der Waals surface area contributed by atoms with Crippen LogP contribution in [-0.2, 0) is 23.0 Å². The summed E-state index contributed by atoms with van der Waals surface area (Å²) in [5.41, 5.74) is 2.13. The van der Waals surface area contributed by atoms with Gasteiger partial charge in [-0.2, -0.15) is 0 Å². The van der Waals surface area contributed by atoms with Crippen LogP contribution in [0, 0.1) is 5.92 Å². The molecule has 0 saturated carbocycles. The first-order valence-electron chi connectivity index (χ1n) is 5.38. The molecule has 1 rings (SSSR count). The van der Waals surface area contributed by atoms with E-state index in [0.29, 0.717) is 12.3 Å². The molecule has 0 spiro atoms. The Kier molecular flexibility index (Phi) is 7.60. The molecule has 0 heterocycles. The summed E-state index contributed by atoms with van der Waals surface area (Å²) >= 11 is 0. The summed E-state index contributed by atoms with van der Waals surface area (Å²) in [5, 5.41) is 0. The minimum absolute atomic E-state index is 0. The fourth-order valence-corrected chi connectivity index (χ4v) is 2.04. The molecule has 90 valence electrons. The Morgan fingerprint density at radius 3 is 2.00 bits per heavy atom. The van der Waals surface area contributed by atoms with Crippen molar-refractivity contribution < 1.29 is 42.5 Å². The van der Waals surface area contributed by atoms with E-state index in [1.165, 1.54) is 5.56 Å². The molecule has 17 heavy (non-hydrogen) atoms. The summed E-state index contributed by atoms with van der Waals surface area (Å²) in [5.74, 6) is 0.282. The van der Waals surface area contributed by atoms with E-state index in [9.17, 15) is 13.0 Å². The first-order chi connectivity index (χ1) is 7.37. The Hall–Kier alpha value is 0.130. The maximum atomic E-state index is 10.5. The van der Waals surface area contributed by atoms with Gasteiger partial charge in [-0.15, -0.1) is 0 Å². The van der Waals surface area contributed by atoms with E-state index in [1.54, 1.807) is 0 Å². The minimum Gasteiger partial charge on any atom is -0.748 e. The van der Waals surface area contributed by atoms with E-state index in [4.69, 9.17) is 0 Å². The summed E-state index contributed by atoms with van der Waals surface area (Å²) in [6.45, 7) is 4.30. The van der Waals surface area contributed by atoms with E-state index in [1.807, 2.05) is 24.3 Å². The van der Waals surface area contributed by atoms with E-state index in [-0.39, 0.29) is 35.3 Å². The van der Waals surface area contributed by atoms with Gasteiger partial charge in [0.15, 0.2) is 0 Å². The molecule has 0 radical (unpaired) electrons. The van der Waals surface area contributed by atoms with E-state index in [2.05, 4.69) is 13.8 Å². The van der Waals surface area contributed by atoms with Gasteiger partial charge in [-0.05, 0) is 29.9 Å². The quantitative estimate of drug-likeness (QED) is 0.505. The van der Waals surface area contributed by atoms with Crippen LogP contribution in [0.2, 0.25) is 0 Å². The second-order valence-corrected chi connectivity index (χ2v) is 5.95. The molecule has 0 saturated heterocycles. The molecule has 0 fully saturated rings. The maximum absolute atomic E-state index is 10.5. The zero-order chi connectivity index (χ0) is 12.2. The SMILES string of the molecule is CC(C)Cc1ccc(CCS(=O)(=O)[O-])cc1.[Na+]. The predicted molar refractivity (Wildman–Crippen MR) is 63.3 cm³/mol. The van der Waals surface area contributed by atoms with Crippen molar-refractivity contribution in [2.75, 3.05) is 5.75 Å². The molecule has 1 aromatic rings. The van der Waals surface area contributed by atoms with Gasteiger partial charge < -0.3 is 4.55 Å². The van der Waals surface area contributed by atoms with Crippen LogP contribution in [-0.4, -0.2) is 18.7 Å². The van der Waals surface area contributed by atoms with Crippen LogP contribution >= 0.6 is 0 Å². The zero-order valence-corrected chi connectivity index (χ0v) is 13.5. The van der Waals surface area contributed by atoms with Gasteiger partial charge in [0.2, 0.25) is 0 Å². The third-order valence-electron chi connectivity index (χ3n) is 2.31. The third kappa shape index (κ3) is 7.95. The van der Waals surface area contributed by atoms with Crippen LogP contribution in [0.15, 0.2) is 24.3 Å². The second kappa shape index (κ2) is 7.54. The van der Waals surface area contributed by atoms with Crippen molar-refractivity contribution >= 4 is 10.1 Å². The van der Waals surface area contributed by atoms with Crippen molar-refractivity contribution in [1.82, 2.24) is 0 Å². The average molecular weight is 264 g/mol. The van der Waals surface area contributed by atoms with Crippen molar-refractivity contribution in [2.24, 2.45) is 5.92 Å². The normalized spacial score (nSPS) is 11.3. The van der Waals surface area contributed by atoms with Crippen LogP contribution in [0.4, 0.5) is 0 Å². The van der Waals surface area contributed by atoms with Gasteiger partial charge in [0, 0.05) is 5.75 Å². The van der Waals surface area contributed by atoms with Crippen molar-refractivity contribution in [3.63, 3.8) is 0 Å². The largest absolute Gasteiger partial charge is 1.00 e.